The zero-order chi connectivity index (χ0) is 13.1. The first-order valence-electron chi connectivity index (χ1n) is 5.29. The average Bonchev–Trinajstić information content (AvgIpc) is 2.27. The van der Waals surface area contributed by atoms with Gasteiger partial charge in [-0.05, 0) is 13.1 Å². The Kier molecular flexibility index (Phi) is 4.42. The van der Waals surface area contributed by atoms with E-state index in [1.807, 2.05) is 0 Å². The highest BCUT2D eigenvalue weighted by atomic mass is 19.3. The minimum Gasteiger partial charge on any atom is -0.496 e. The monoisotopic (exact) mass is 245 g/mol. The van der Waals surface area contributed by atoms with Crippen LogP contribution in [0.4, 0.5) is 8.78 Å². The van der Waals surface area contributed by atoms with Gasteiger partial charge in [-0.25, -0.2) is 8.78 Å². The first kappa shape index (κ1) is 13.9. The summed E-state index contributed by atoms with van der Waals surface area (Å²) in [6, 6.07) is 4.37. The SMILES string of the molecule is CNCC(O)c1cccc(C(C)(F)F)c1OC. The predicted octanol–water partition coefficient (Wildman–Crippen LogP) is 2.06. The molecule has 1 aromatic carbocycles. The van der Waals surface area contributed by atoms with E-state index in [2.05, 4.69) is 5.32 Å². The lowest BCUT2D eigenvalue weighted by Crippen LogP contribution is -2.19. The fourth-order valence-corrected chi connectivity index (χ4v) is 1.69. The molecule has 1 atom stereocenters. The van der Waals surface area contributed by atoms with Crippen molar-refractivity contribution in [3.8, 4) is 5.75 Å². The van der Waals surface area contributed by atoms with Crippen LogP contribution in [0.1, 0.15) is 24.2 Å². The summed E-state index contributed by atoms with van der Waals surface area (Å²) in [5.74, 6) is -2.96. The summed E-state index contributed by atoms with van der Waals surface area (Å²) in [7, 11) is 2.99. The van der Waals surface area contributed by atoms with Gasteiger partial charge in [-0.1, -0.05) is 12.1 Å². The molecule has 1 rings (SSSR count). The van der Waals surface area contributed by atoms with Gasteiger partial charge in [-0.15, -0.1) is 0 Å². The Bertz CT molecular complexity index is 377. The number of rotatable bonds is 5. The zero-order valence-electron chi connectivity index (χ0n) is 10.1. The fourth-order valence-electron chi connectivity index (χ4n) is 1.69. The van der Waals surface area contributed by atoms with Crippen LogP contribution in [0.25, 0.3) is 0 Å². The topological polar surface area (TPSA) is 41.5 Å². The van der Waals surface area contributed by atoms with Gasteiger partial charge < -0.3 is 15.2 Å². The molecule has 0 saturated carbocycles. The summed E-state index contributed by atoms with van der Waals surface area (Å²) in [6.07, 6.45) is -0.878. The summed E-state index contributed by atoms with van der Waals surface area (Å²) in [6.45, 7) is 1.08. The lowest BCUT2D eigenvalue weighted by Gasteiger charge is -2.20. The number of aliphatic hydroxyl groups is 1. The van der Waals surface area contributed by atoms with Crippen LogP contribution in [-0.4, -0.2) is 25.8 Å². The van der Waals surface area contributed by atoms with Crippen molar-refractivity contribution >= 4 is 0 Å². The van der Waals surface area contributed by atoms with E-state index in [1.54, 1.807) is 13.1 Å². The Balaban J connectivity index is 3.23. The van der Waals surface area contributed by atoms with Crippen LogP contribution in [-0.2, 0) is 5.92 Å². The van der Waals surface area contributed by atoms with Crippen LogP contribution in [0.15, 0.2) is 18.2 Å². The Morgan fingerprint density at radius 2 is 2.12 bits per heavy atom. The van der Waals surface area contributed by atoms with E-state index in [0.717, 1.165) is 6.92 Å². The van der Waals surface area contributed by atoms with Gasteiger partial charge in [0.05, 0.1) is 18.8 Å². The molecule has 17 heavy (non-hydrogen) atoms. The van der Waals surface area contributed by atoms with Crippen molar-refractivity contribution in [2.45, 2.75) is 19.0 Å². The number of para-hydroxylation sites is 1. The Morgan fingerprint density at radius 3 is 2.59 bits per heavy atom. The van der Waals surface area contributed by atoms with Crippen LogP contribution in [0.2, 0.25) is 0 Å². The highest BCUT2D eigenvalue weighted by Gasteiger charge is 2.30. The van der Waals surface area contributed by atoms with E-state index in [-0.39, 0.29) is 17.9 Å². The van der Waals surface area contributed by atoms with Crippen molar-refractivity contribution in [2.75, 3.05) is 20.7 Å². The molecule has 0 heterocycles. The maximum atomic E-state index is 13.4. The van der Waals surface area contributed by atoms with Gasteiger partial charge >= 0.3 is 0 Å². The molecule has 0 aliphatic rings. The van der Waals surface area contributed by atoms with Crippen LogP contribution < -0.4 is 10.1 Å². The van der Waals surface area contributed by atoms with Crippen molar-refractivity contribution in [2.24, 2.45) is 0 Å². The van der Waals surface area contributed by atoms with E-state index in [1.165, 1.54) is 19.2 Å². The molecule has 5 heteroatoms. The molecule has 0 aliphatic carbocycles. The molecule has 0 saturated heterocycles. The Morgan fingerprint density at radius 1 is 1.47 bits per heavy atom. The number of hydrogen-bond donors (Lipinski definition) is 2. The number of ether oxygens (including phenoxy) is 1. The standard InChI is InChI=1S/C12H17F2NO2/c1-12(13,14)9-6-4-5-8(11(9)17-3)10(16)7-15-2/h4-6,10,15-16H,7H2,1-3H3. The van der Waals surface area contributed by atoms with E-state index < -0.39 is 12.0 Å². The molecule has 1 aromatic rings. The summed E-state index contributed by atoms with van der Waals surface area (Å²) in [4.78, 5) is 0. The number of methoxy groups -OCH3 is 1. The van der Waals surface area contributed by atoms with Crippen LogP contribution in [0.5, 0.6) is 5.75 Å². The van der Waals surface area contributed by atoms with Gasteiger partial charge in [-0.2, -0.15) is 0 Å². The second kappa shape index (κ2) is 5.42. The van der Waals surface area contributed by atoms with Crippen molar-refractivity contribution in [3.05, 3.63) is 29.3 Å². The second-order valence-corrected chi connectivity index (χ2v) is 3.89. The third-order valence-corrected chi connectivity index (χ3v) is 2.48. The quantitative estimate of drug-likeness (QED) is 0.834. The molecule has 0 spiro atoms. The van der Waals surface area contributed by atoms with Crippen LogP contribution >= 0.6 is 0 Å². The number of halogens is 2. The molecule has 96 valence electrons. The maximum Gasteiger partial charge on any atom is 0.274 e. The lowest BCUT2D eigenvalue weighted by molar-refractivity contribution is 0.0146. The van der Waals surface area contributed by atoms with Crippen LogP contribution in [0, 0.1) is 0 Å². The lowest BCUT2D eigenvalue weighted by atomic mass is 10.0. The second-order valence-electron chi connectivity index (χ2n) is 3.89. The molecule has 2 N–H and O–H groups in total. The molecular weight excluding hydrogens is 228 g/mol. The number of aliphatic hydroxyl groups excluding tert-OH is 1. The Hall–Kier alpha value is -1.20. The van der Waals surface area contributed by atoms with Gasteiger partial charge in [0, 0.05) is 19.0 Å². The third-order valence-electron chi connectivity index (χ3n) is 2.48. The predicted molar refractivity (Wildman–Crippen MR) is 61.4 cm³/mol. The summed E-state index contributed by atoms with van der Waals surface area (Å²) in [5.41, 5.74) is 0.147. The van der Waals surface area contributed by atoms with Gasteiger partial charge in [0.1, 0.15) is 5.75 Å². The fraction of sp³-hybridized carbons (Fsp3) is 0.500. The van der Waals surface area contributed by atoms with Crippen molar-refractivity contribution in [3.63, 3.8) is 0 Å². The highest BCUT2D eigenvalue weighted by Crippen LogP contribution is 2.38. The van der Waals surface area contributed by atoms with Crippen molar-refractivity contribution in [1.82, 2.24) is 5.32 Å². The normalized spacial score (nSPS) is 13.5. The van der Waals surface area contributed by atoms with Crippen LogP contribution in [0.3, 0.4) is 0 Å². The number of nitrogens with one attached hydrogen (secondary N) is 1. The summed E-state index contributed by atoms with van der Waals surface area (Å²) in [5, 5.41) is 12.6. The third kappa shape index (κ3) is 3.14. The summed E-state index contributed by atoms with van der Waals surface area (Å²) >= 11 is 0. The molecule has 0 aliphatic heterocycles. The van der Waals surface area contributed by atoms with Crippen molar-refractivity contribution < 1.29 is 18.6 Å². The summed E-state index contributed by atoms with van der Waals surface area (Å²) < 4.78 is 31.7. The smallest absolute Gasteiger partial charge is 0.274 e. The molecule has 3 nitrogen and oxygen atoms in total. The largest absolute Gasteiger partial charge is 0.496 e. The molecular formula is C12H17F2NO2. The van der Waals surface area contributed by atoms with Gasteiger partial charge in [-0.3, -0.25) is 0 Å². The molecule has 1 unspecified atom stereocenters. The first-order chi connectivity index (χ1) is 7.91. The first-order valence-corrected chi connectivity index (χ1v) is 5.29. The van der Waals surface area contributed by atoms with Gasteiger partial charge in [0.25, 0.3) is 5.92 Å². The zero-order valence-corrected chi connectivity index (χ0v) is 10.1. The van der Waals surface area contributed by atoms with Gasteiger partial charge in [0.15, 0.2) is 0 Å². The molecule has 0 bridgehead atoms. The molecule has 0 fully saturated rings. The van der Waals surface area contributed by atoms with E-state index in [4.69, 9.17) is 4.74 Å². The van der Waals surface area contributed by atoms with E-state index in [9.17, 15) is 13.9 Å². The minimum atomic E-state index is -3.00. The number of alkyl halides is 2. The number of hydrogen-bond acceptors (Lipinski definition) is 3. The van der Waals surface area contributed by atoms with E-state index >= 15 is 0 Å². The maximum absolute atomic E-state index is 13.4. The Labute approximate surface area is 99.4 Å². The molecule has 0 radical (unpaired) electrons. The number of likely N-dealkylation sites (N-methyl/N-ethyl adjacent to an activating group) is 1. The average molecular weight is 245 g/mol. The minimum absolute atomic E-state index is 0.0442. The number of benzene rings is 1. The van der Waals surface area contributed by atoms with Crippen molar-refractivity contribution in [1.29, 1.82) is 0 Å². The highest BCUT2D eigenvalue weighted by molar-refractivity contribution is 5.45. The van der Waals surface area contributed by atoms with Gasteiger partial charge in [0.2, 0.25) is 0 Å². The molecule has 0 amide bonds. The van der Waals surface area contributed by atoms with E-state index in [0.29, 0.717) is 5.56 Å². The molecule has 0 aromatic heterocycles.